The number of aromatic nitrogens is 2. The molecule has 0 amide bonds. The quantitative estimate of drug-likeness (QED) is 0.728. The lowest BCUT2D eigenvalue weighted by molar-refractivity contribution is 0.282. The summed E-state index contributed by atoms with van der Waals surface area (Å²) in [5, 5.41) is 16.3. The van der Waals surface area contributed by atoms with Crippen LogP contribution in [0.15, 0.2) is 53.1 Å². The van der Waals surface area contributed by atoms with Crippen LogP contribution in [0.3, 0.4) is 0 Å². The third kappa shape index (κ3) is 3.67. The molecule has 0 unspecified atom stereocenters. The monoisotopic (exact) mass is 311 g/mol. The molecule has 0 aliphatic heterocycles. The molecule has 0 aliphatic rings. The zero-order valence-corrected chi connectivity index (χ0v) is 12.7. The van der Waals surface area contributed by atoms with E-state index in [0.717, 1.165) is 22.6 Å². The summed E-state index contributed by atoms with van der Waals surface area (Å²) >= 11 is 0. The van der Waals surface area contributed by atoms with Crippen LogP contribution in [0.2, 0.25) is 0 Å². The summed E-state index contributed by atoms with van der Waals surface area (Å²) in [6, 6.07) is 15.0. The molecule has 3 rings (SSSR count). The Kier molecular flexibility index (Phi) is 4.54. The lowest BCUT2D eigenvalue weighted by Crippen LogP contribution is -2.00. The van der Waals surface area contributed by atoms with Gasteiger partial charge in [0.05, 0.1) is 20.3 Å². The van der Waals surface area contributed by atoms with Crippen molar-refractivity contribution in [3.05, 3.63) is 60.0 Å². The van der Waals surface area contributed by atoms with Crippen LogP contribution >= 0.6 is 0 Å². The van der Waals surface area contributed by atoms with Crippen LogP contribution in [0.1, 0.15) is 11.5 Å². The van der Waals surface area contributed by atoms with Gasteiger partial charge in [-0.25, -0.2) is 0 Å². The zero-order chi connectivity index (χ0) is 16.1. The highest BCUT2D eigenvalue weighted by Crippen LogP contribution is 2.21. The molecule has 2 N–H and O–H groups in total. The Labute approximate surface area is 133 Å². The molecule has 1 aromatic heterocycles. The molecular formula is C17H17N3O3. The van der Waals surface area contributed by atoms with Crippen molar-refractivity contribution in [3.63, 3.8) is 0 Å². The van der Waals surface area contributed by atoms with Crippen LogP contribution in [0.5, 0.6) is 5.75 Å². The van der Waals surface area contributed by atoms with Gasteiger partial charge in [-0.3, -0.25) is 0 Å². The first-order valence-electron chi connectivity index (χ1n) is 7.19. The normalized spacial score (nSPS) is 10.5. The number of nitrogens with one attached hydrogen (secondary N) is 1. The Morgan fingerprint density at radius 2 is 2.04 bits per heavy atom. The molecule has 1 heterocycles. The number of aliphatic hydroxyl groups is 1. The van der Waals surface area contributed by atoms with Crippen LogP contribution in [-0.4, -0.2) is 22.4 Å². The highest BCUT2D eigenvalue weighted by Gasteiger charge is 2.09. The van der Waals surface area contributed by atoms with Crippen LogP contribution < -0.4 is 10.1 Å². The number of rotatable bonds is 6. The predicted octanol–water partition coefficient (Wildman–Crippen LogP) is 2.85. The number of aliphatic hydroxyl groups excluding tert-OH is 1. The first-order chi connectivity index (χ1) is 11.3. The molecule has 0 aliphatic carbocycles. The summed E-state index contributed by atoms with van der Waals surface area (Å²) in [5.41, 5.74) is 2.57. The summed E-state index contributed by atoms with van der Waals surface area (Å²) in [6.45, 7) is 0.419. The minimum atomic E-state index is 0.00999. The van der Waals surface area contributed by atoms with E-state index in [4.69, 9.17) is 14.4 Å². The zero-order valence-electron chi connectivity index (χ0n) is 12.7. The Morgan fingerprint density at radius 1 is 1.17 bits per heavy atom. The maximum absolute atomic E-state index is 9.14. The molecule has 0 atom stereocenters. The average molecular weight is 311 g/mol. The first-order valence-corrected chi connectivity index (χ1v) is 7.19. The van der Waals surface area contributed by atoms with Gasteiger partial charge >= 0.3 is 0 Å². The molecule has 0 fully saturated rings. The summed E-state index contributed by atoms with van der Waals surface area (Å²) in [6.07, 6.45) is 0. The lowest BCUT2D eigenvalue weighted by Gasteiger charge is -2.04. The number of hydrogen-bond acceptors (Lipinski definition) is 6. The van der Waals surface area contributed by atoms with Crippen molar-refractivity contribution < 1.29 is 14.4 Å². The molecule has 118 valence electrons. The molecule has 3 aromatic rings. The lowest BCUT2D eigenvalue weighted by atomic mass is 10.2. The van der Waals surface area contributed by atoms with Gasteiger partial charge in [-0.05, 0) is 29.8 Å². The van der Waals surface area contributed by atoms with Gasteiger partial charge < -0.3 is 19.7 Å². The number of anilines is 1. The molecule has 0 radical (unpaired) electrons. The largest absolute Gasteiger partial charge is 0.497 e. The van der Waals surface area contributed by atoms with E-state index in [0.29, 0.717) is 18.3 Å². The van der Waals surface area contributed by atoms with E-state index in [1.54, 1.807) is 7.11 Å². The van der Waals surface area contributed by atoms with E-state index in [1.165, 1.54) is 0 Å². The average Bonchev–Trinajstić information content (AvgIpc) is 3.09. The number of hydrogen-bond donors (Lipinski definition) is 2. The summed E-state index contributed by atoms with van der Waals surface area (Å²) in [4.78, 5) is 4.37. The van der Waals surface area contributed by atoms with Gasteiger partial charge in [0.2, 0.25) is 11.7 Å². The van der Waals surface area contributed by atoms with E-state index in [9.17, 15) is 0 Å². The van der Waals surface area contributed by atoms with Gasteiger partial charge in [-0.1, -0.05) is 29.4 Å². The third-order valence-corrected chi connectivity index (χ3v) is 3.35. The van der Waals surface area contributed by atoms with E-state index in [1.807, 2.05) is 48.5 Å². The van der Waals surface area contributed by atoms with Crippen LogP contribution in [0, 0.1) is 0 Å². The van der Waals surface area contributed by atoms with Crippen molar-refractivity contribution >= 4 is 5.69 Å². The second-order valence-electron chi connectivity index (χ2n) is 4.96. The van der Waals surface area contributed by atoms with Crippen LogP contribution in [-0.2, 0) is 13.2 Å². The molecule has 0 saturated carbocycles. The minimum absolute atomic E-state index is 0.00999. The molecular weight excluding hydrogens is 294 g/mol. The van der Waals surface area contributed by atoms with Crippen molar-refractivity contribution in [2.24, 2.45) is 0 Å². The number of ether oxygens (including phenoxy) is 1. The van der Waals surface area contributed by atoms with Crippen LogP contribution in [0.25, 0.3) is 11.4 Å². The Hall–Kier alpha value is -2.86. The Morgan fingerprint density at radius 3 is 2.87 bits per heavy atom. The molecule has 6 nitrogen and oxygen atoms in total. The van der Waals surface area contributed by atoms with E-state index < -0.39 is 0 Å². The number of benzene rings is 2. The van der Waals surface area contributed by atoms with Gasteiger partial charge in [-0.2, -0.15) is 4.98 Å². The van der Waals surface area contributed by atoms with Crippen molar-refractivity contribution in [1.29, 1.82) is 0 Å². The molecule has 0 saturated heterocycles. The molecule has 23 heavy (non-hydrogen) atoms. The van der Waals surface area contributed by atoms with Gasteiger partial charge in [0, 0.05) is 11.3 Å². The fourth-order valence-corrected chi connectivity index (χ4v) is 2.16. The molecule has 0 bridgehead atoms. The molecule has 2 aromatic carbocycles. The van der Waals surface area contributed by atoms with Crippen molar-refractivity contribution in [1.82, 2.24) is 10.1 Å². The van der Waals surface area contributed by atoms with Crippen molar-refractivity contribution in [3.8, 4) is 17.1 Å². The van der Waals surface area contributed by atoms with Gasteiger partial charge in [0.25, 0.3) is 0 Å². The Balaban J connectivity index is 1.69. The van der Waals surface area contributed by atoms with Gasteiger partial charge in [-0.15, -0.1) is 0 Å². The number of nitrogens with zero attached hydrogens (tertiary/aromatic N) is 2. The van der Waals surface area contributed by atoms with Gasteiger partial charge in [0.15, 0.2) is 0 Å². The fourth-order valence-electron chi connectivity index (χ4n) is 2.16. The third-order valence-electron chi connectivity index (χ3n) is 3.35. The Bertz CT molecular complexity index is 786. The standard InChI is InChI=1S/C17H17N3O3/c1-22-15-7-3-5-13(9-15)17-19-16(23-20-17)10-18-14-6-2-4-12(8-14)11-21/h2-9,18,21H,10-11H2,1H3. The summed E-state index contributed by atoms with van der Waals surface area (Å²) < 4.78 is 10.4. The molecule has 6 heteroatoms. The smallest absolute Gasteiger partial charge is 0.246 e. The second-order valence-corrected chi connectivity index (χ2v) is 4.96. The van der Waals surface area contributed by atoms with Crippen molar-refractivity contribution in [2.75, 3.05) is 12.4 Å². The topological polar surface area (TPSA) is 80.4 Å². The highest BCUT2D eigenvalue weighted by atomic mass is 16.5. The maximum atomic E-state index is 9.14. The predicted molar refractivity (Wildman–Crippen MR) is 86.0 cm³/mol. The van der Waals surface area contributed by atoms with Gasteiger partial charge in [0.1, 0.15) is 5.75 Å². The molecule has 0 spiro atoms. The number of methoxy groups -OCH3 is 1. The SMILES string of the molecule is COc1cccc(-c2noc(CNc3cccc(CO)c3)n2)c1. The van der Waals surface area contributed by atoms with E-state index in [-0.39, 0.29) is 6.61 Å². The van der Waals surface area contributed by atoms with Crippen LogP contribution in [0.4, 0.5) is 5.69 Å². The summed E-state index contributed by atoms with van der Waals surface area (Å²) in [7, 11) is 1.62. The highest BCUT2D eigenvalue weighted by molar-refractivity contribution is 5.56. The second kappa shape index (κ2) is 6.93. The van der Waals surface area contributed by atoms with Crippen molar-refractivity contribution in [2.45, 2.75) is 13.2 Å². The fraction of sp³-hybridized carbons (Fsp3) is 0.176. The van der Waals surface area contributed by atoms with E-state index in [2.05, 4.69) is 15.5 Å². The minimum Gasteiger partial charge on any atom is -0.497 e. The van der Waals surface area contributed by atoms with E-state index >= 15 is 0 Å². The maximum Gasteiger partial charge on any atom is 0.246 e. The first kappa shape index (κ1) is 15.1. The summed E-state index contributed by atoms with van der Waals surface area (Å²) in [5.74, 6) is 1.75.